The molecule has 0 aromatic heterocycles. The maximum atomic E-state index is 12.5. The lowest BCUT2D eigenvalue weighted by Gasteiger charge is -2.38. The van der Waals surface area contributed by atoms with E-state index in [2.05, 4.69) is 39.6 Å². The van der Waals surface area contributed by atoms with Gasteiger partial charge in [-0.3, -0.25) is 24.6 Å². The van der Waals surface area contributed by atoms with Crippen molar-refractivity contribution in [2.24, 2.45) is 0 Å². The summed E-state index contributed by atoms with van der Waals surface area (Å²) < 4.78 is 0. The number of anilines is 2. The third-order valence-electron chi connectivity index (χ3n) is 5.77. The van der Waals surface area contributed by atoms with Crippen LogP contribution in [0.15, 0.2) is 48.5 Å². The second-order valence-corrected chi connectivity index (χ2v) is 8.31. The second kappa shape index (κ2) is 10.9. The summed E-state index contributed by atoms with van der Waals surface area (Å²) in [5.41, 5.74) is 2.38. The number of nitrogens with one attached hydrogen (secondary N) is 2. The molecule has 2 aromatic rings. The summed E-state index contributed by atoms with van der Waals surface area (Å²) in [6.45, 7) is 3.88. The van der Waals surface area contributed by atoms with Crippen LogP contribution in [0.25, 0.3) is 0 Å². The first-order chi connectivity index (χ1) is 15.7. The fourth-order valence-electron chi connectivity index (χ4n) is 3.71. The van der Waals surface area contributed by atoms with Gasteiger partial charge in [-0.2, -0.15) is 0 Å². The Morgan fingerprint density at radius 1 is 1.00 bits per heavy atom. The van der Waals surface area contributed by atoms with Gasteiger partial charge in [-0.15, -0.1) is 0 Å². The van der Waals surface area contributed by atoms with Crippen molar-refractivity contribution >= 4 is 28.9 Å². The zero-order valence-corrected chi connectivity index (χ0v) is 19.2. The van der Waals surface area contributed by atoms with Crippen LogP contribution >= 0.6 is 0 Å². The molecule has 1 heterocycles. The summed E-state index contributed by atoms with van der Waals surface area (Å²) in [4.78, 5) is 41.6. The molecule has 0 aliphatic carbocycles. The molecule has 3 rings (SSSR count). The van der Waals surface area contributed by atoms with E-state index in [0.717, 1.165) is 37.4 Å². The number of carbonyl (C=O) groups is 2. The van der Waals surface area contributed by atoms with Crippen LogP contribution < -0.4 is 15.5 Å². The molecule has 2 amide bonds. The Hall–Kier alpha value is -3.50. The SMILES string of the molecule is CN1CCN([C@H](CNC(=O)C(=O)Nc2ccc([N+](=O)[O-])cc2)c2ccc(N(C)C)cc2)CC1. The van der Waals surface area contributed by atoms with Gasteiger partial charge in [-0.05, 0) is 36.9 Å². The number of piperazine rings is 1. The molecular formula is C23H30N6O4. The summed E-state index contributed by atoms with van der Waals surface area (Å²) in [5.74, 6) is -1.57. The van der Waals surface area contributed by atoms with E-state index in [-0.39, 0.29) is 18.3 Å². The lowest BCUT2D eigenvalue weighted by Crippen LogP contribution is -2.49. The van der Waals surface area contributed by atoms with Gasteiger partial charge in [0.05, 0.1) is 11.0 Å². The highest BCUT2D eigenvalue weighted by Crippen LogP contribution is 2.24. The number of hydrogen-bond donors (Lipinski definition) is 2. The zero-order valence-electron chi connectivity index (χ0n) is 19.2. The van der Waals surface area contributed by atoms with E-state index in [0.29, 0.717) is 5.69 Å². The van der Waals surface area contributed by atoms with Crippen LogP contribution in [0.1, 0.15) is 11.6 Å². The lowest BCUT2D eigenvalue weighted by atomic mass is 10.0. The van der Waals surface area contributed by atoms with Gasteiger partial charge in [0.25, 0.3) is 5.69 Å². The van der Waals surface area contributed by atoms with Crippen LogP contribution in [-0.4, -0.2) is 80.4 Å². The van der Waals surface area contributed by atoms with Gasteiger partial charge >= 0.3 is 11.8 Å². The van der Waals surface area contributed by atoms with Crippen LogP contribution in [0, 0.1) is 10.1 Å². The molecule has 10 heteroatoms. The standard InChI is InChI=1S/C23H30N6O4/c1-26(2)19-8-4-17(5-9-19)21(28-14-12-27(3)13-15-28)16-24-22(30)23(31)25-18-6-10-20(11-7-18)29(32)33/h4-11,21H,12-16H2,1-3H3,(H,24,30)(H,25,31)/t21-/m1/s1. The minimum Gasteiger partial charge on any atom is -0.378 e. The Morgan fingerprint density at radius 2 is 1.61 bits per heavy atom. The normalized spacial score (nSPS) is 15.5. The first-order valence-corrected chi connectivity index (χ1v) is 10.8. The first-order valence-electron chi connectivity index (χ1n) is 10.8. The predicted octanol–water partition coefficient (Wildman–Crippen LogP) is 1.70. The third kappa shape index (κ3) is 6.50. The third-order valence-corrected chi connectivity index (χ3v) is 5.77. The number of likely N-dealkylation sites (N-methyl/N-ethyl adjacent to an activating group) is 1. The number of nitro benzene ring substituents is 1. The average molecular weight is 455 g/mol. The van der Waals surface area contributed by atoms with E-state index in [1.54, 1.807) is 0 Å². The molecule has 1 saturated heterocycles. The Labute approximate surface area is 193 Å². The molecule has 0 spiro atoms. The van der Waals surface area contributed by atoms with Crippen molar-refractivity contribution in [1.82, 2.24) is 15.1 Å². The van der Waals surface area contributed by atoms with Crippen molar-refractivity contribution in [1.29, 1.82) is 0 Å². The molecule has 2 aromatic carbocycles. The molecule has 1 aliphatic heterocycles. The maximum Gasteiger partial charge on any atom is 0.313 e. The number of carbonyl (C=O) groups excluding carboxylic acids is 2. The highest BCUT2D eigenvalue weighted by atomic mass is 16.6. The van der Waals surface area contributed by atoms with E-state index in [1.165, 1.54) is 24.3 Å². The highest BCUT2D eigenvalue weighted by Gasteiger charge is 2.25. The van der Waals surface area contributed by atoms with Gasteiger partial charge in [0.1, 0.15) is 0 Å². The van der Waals surface area contributed by atoms with Crippen LogP contribution in [0.2, 0.25) is 0 Å². The van der Waals surface area contributed by atoms with Gasteiger partial charge in [0.2, 0.25) is 0 Å². The molecule has 1 atom stereocenters. The molecule has 0 saturated carbocycles. The first kappa shape index (κ1) is 24.1. The fourth-order valence-corrected chi connectivity index (χ4v) is 3.71. The Bertz CT molecular complexity index is 969. The van der Waals surface area contributed by atoms with Crippen molar-refractivity contribution < 1.29 is 14.5 Å². The summed E-state index contributed by atoms with van der Waals surface area (Å²) in [6, 6.07) is 13.5. The topological polar surface area (TPSA) is 111 Å². The van der Waals surface area contributed by atoms with Crippen molar-refractivity contribution in [3.05, 3.63) is 64.2 Å². The molecular weight excluding hydrogens is 424 g/mol. The van der Waals surface area contributed by atoms with Crippen LogP contribution in [0.5, 0.6) is 0 Å². The number of nitro groups is 1. The largest absolute Gasteiger partial charge is 0.378 e. The van der Waals surface area contributed by atoms with Crippen molar-refractivity contribution in [2.75, 3.05) is 64.1 Å². The summed E-state index contributed by atoms with van der Waals surface area (Å²) in [5, 5.41) is 16.0. The van der Waals surface area contributed by atoms with E-state index < -0.39 is 16.7 Å². The molecule has 1 aliphatic rings. The molecule has 0 bridgehead atoms. The molecule has 0 unspecified atom stereocenters. The van der Waals surface area contributed by atoms with Crippen molar-refractivity contribution in [3.63, 3.8) is 0 Å². The number of rotatable bonds is 7. The molecule has 2 N–H and O–H groups in total. The number of benzene rings is 2. The molecule has 10 nitrogen and oxygen atoms in total. The Morgan fingerprint density at radius 3 is 2.15 bits per heavy atom. The second-order valence-electron chi connectivity index (χ2n) is 8.31. The molecule has 33 heavy (non-hydrogen) atoms. The molecule has 1 fully saturated rings. The van der Waals surface area contributed by atoms with Gasteiger partial charge in [0.15, 0.2) is 0 Å². The van der Waals surface area contributed by atoms with Gasteiger partial charge < -0.3 is 20.4 Å². The van der Waals surface area contributed by atoms with Gasteiger partial charge in [0, 0.05) is 70.3 Å². The van der Waals surface area contributed by atoms with Gasteiger partial charge in [-0.1, -0.05) is 12.1 Å². The lowest BCUT2D eigenvalue weighted by molar-refractivity contribution is -0.384. The number of nitrogens with zero attached hydrogens (tertiary/aromatic N) is 4. The van der Waals surface area contributed by atoms with E-state index in [4.69, 9.17) is 0 Å². The summed E-state index contributed by atoms with van der Waals surface area (Å²) in [6.07, 6.45) is 0. The number of amides is 2. The summed E-state index contributed by atoms with van der Waals surface area (Å²) in [7, 11) is 6.05. The van der Waals surface area contributed by atoms with E-state index in [9.17, 15) is 19.7 Å². The highest BCUT2D eigenvalue weighted by molar-refractivity contribution is 6.39. The minimum atomic E-state index is -0.816. The van der Waals surface area contributed by atoms with Crippen LogP contribution in [0.4, 0.5) is 17.1 Å². The van der Waals surface area contributed by atoms with Crippen LogP contribution in [-0.2, 0) is 9.59 Å². The maximum absolute atomic E-state index is 12.5. The quantitative estimate of drug-likeness (QED) is 0.372. The Kier molecular flexibility index (Phi) is 7.96. The fraction of sp³-hybridized carbons (Fsp3) is 0.391. The predicted molar refractivity (Wildman–Crippen MR) is 127 cm³/mol. The van der Waals surface area contributed by atoms with Crippen molar-refractivity contribution in [3.8, 4) is 0 Å². The zero-order chi connectivity index (χ0) is 24.0. The monoisotopic (exact) mass is 454 g/mol. The van der Waals surface area contributed by atoms with Crippen LogP contribution in [0.3, 0.4) is 0 Å². The minimum absolute atomic E-state index is 0.0639. The Balaban J connectivity index is 1.65. The number of hydrogen-bond acceptors (Lipinski definition) is 7. The molecule has 176 valence electrons. The van der Waals surface area contributed by atoms with E-state index >= 15 is 0 Å². The molecule has 0 radical (unpaired) electrons. The van der Waals surface area contributed by atoms with Crippen molar-refractivity contribution in [2.45, 2.75) is 6.04 Å². The number of non-ortho nitro benzene ring substituents is 1. The smallest absolute Gasteiger partial charge is 0.313 e. The average Bonchev–Trinajstić information content (AvgIpc) is 2.80. The van der Waals surface area contributed by atoms with E-state index in [1.807, 2.05) is 31.1 Å². The van der Waals surface area contributed by atoms with Gasteiger partial charge in [-0.25, -0.2) is 0 Å². The summed E-state index contributed by atoms with van der Waals surface area (Å²) >= 11 is 0.